The predicted molar refractivity (Wildman–Crippen MR) is 116 cm³/mol. The highest BCUT2D eigenvalue weighted by atomic mass is 35.5. The van der Waals surface area contributed by atoms with Gasteiger partial charge in [0.25, 0.3) is 10.0 Å². The molecule has 1 amide bonds. The number of ether oxygens (including phenoxy) is 1. The lowest BCUT2D eigenvalue weighted by Gasteiger charge is -2.21. The van der Waals surface area contributed by atoms with E-state index >= 15 is 0 Å². The van der Waals surface area contributed by atoms with E-state index in [-0.39, 0.29) is 22.7 Å². The molecule has 1 saturated heterocycles. The van der Waals surface area contributed by atoms with Crippen molar-refractivity contribution in [3.63, 3.8) is 0 Å². The molecule has 1 aliphatic heterocycles. The largest absolute Gasteiger partial charge is 0.494 e. The summed E-state index contributed by atoms with van der Waals surface area (Å²) in [6.07, 6.45) is 0.960. The Bertz CT molecular complexity index is 1180. The summed E-state index contributed by atoms with van der Waals surface area (Å²) in [5, 5.41) is 10.3. The molecule has 0 aliphatic carbocycles. The minimum Gasteiger partial charge on any atom is -0.494 e. The van der Waals surface area contributed by atoms with Gasteiger partial charge >= 0.3 is 6.01 Å². The first-order chi connectivity index (χ1) is 14.9. The summed E-state index contributed by atoms with van der Waals surface area (Å²) in [5.41, 5.74) is 0.663. The minimum atomic E-state index is -3.82. The third kappa shape index (κ3) is 4.59. The van der Waals surface area contributed by atoms with Gasteiger partial charge < -0.3 is 9.15 Å². The number of halogens is 1. The minimum absolute atomic E-state index is 0.0997. The van der Waals surface area contributed by atoms with Crippen molar-refractivity contribution in [2.45, 2.75) is 30.0 Å². The van der Waals surface area contributed by atoms with E-state index in [1.807, 2.05) is 6.92 Å². The number of carbonyl (C=O) groups is 1. The van der Waals surface area contributed by atoms with Crippen molar-refractivity contribution in [2.24, 2.45) is 0 Å². The highest BCUT2D eigenvalue weighted by Gasteiger charge is 2.40. The monoisotopic (exact) mass is 482 g/mol. The fraction of sp³-hybridized carbons (Fsp3) is 0.316. The Morgan fingerprint density at radius 3 is 2.74 bits per heavy atom. The number of anilines is 1. The number of amides is 1. The highest BCUT2D eigenvalue weighted by Crippen LogP contribution is 2.32. The highest BCUT2D eigenvalue weighted by molar-refractivity contribution is 7.91. The topological polar surface area (TPSA) is 115 Å². The Kier molecular flexibility index (Phi) is 6.28. The Balaban J connectivity index is 1.47. The molecule has 1 unspecified atom stereocenters. The second kappa shape index (κ2) is 8.95. The summed E-state index contributed by atoms with van der Waals surface area (Å²) < 4.78 is 38.4. The summed E-state index contributed by atoms with van der Waals surface area (Å²) in [6.45, 7) is 2.70. The lowest BCUT2D eigenvalue weighted by Crippen LogP contribution is -2.42. The zero-order valence-electron chi connectivity index (χ0n) is 16.4. The molecule has 12 heteroatoms. The van der Waals surface area contributed by atoms with Crippen molar-refractivity contribution < 1.29 is 22.4 Å². The van der Waals surface area contributed by atoms with E-state index in [0.717, 1.165) is 11.3 Å². The van der Waals surface area contributed by atoms with E-state index in [1.54, 1.807) is 24.3 Å². The van der Waals surface area contributed by atoms with Crippen molar-refractivity contribution in [3.8, 4) is 17.2 Å². The SMILES string of the molecule is CCOc1ccc(-c2nnc(NC(=O)C3CCCN3S(=O)(=O)c3ccc(Cl)s3)o2)cc1. The molecule has 4 rings (SSSR count). The van der Waals surface area contributed by atoms with Crippen molar-refractivity contribution in [2.75, 3.05) is 18.5 Å². The number of carbonyl (C=O) groups excluding carboxylic acids is 1. The third-order valence-corrected chi connectivity index (χ3v) is 8.29. The van der Waals surface area contributed by atoms with Gasteiger partial charge in [-0.25, -0.2) is 8.42 Å². The zero-order valence-corrected chi connectivity index (χ0v) is 18.8. The molecule has 1 atom stereocenters. The van der Waals surface area contributed by atoms with Gasteiger partial charge in [-0.3, -0.25) is 10.1 Å². The molecule has 164 valence electrons. The molecular formula is C19H19ClN4O5S2. The van der Waals surface area contributed by atoms with Gasteiger partial charge in [0.1, 0.15) is 16.0 Å². The second-order valence-corrected chi connectivity index (χ2v) is 10.5. The Morgan fingerprint density at radius 2 is 2.06 bits per heavy atom. The molecule has 1 aromatic carbocycles. The second-order valence-electron chi connectivity index (χ2n) is 6.69. The molecule has 1 N–H and O–H groups in total. The molecule has 2 aromatic heterocycles. The first-order valence-corrected chi connectivity index (χ1v) is 12.2. The summed E-state index contributed by atoms with van der Waals surface area (Å²) in [4.78, 5) is 12.8. The normalized spacial score (nSPS) is 17.0. The van der Waals surface area contributed by atoms with Crippen LogP contribution in [0.1, 0.15) is 19.8 Å². The van der Waals surface area contributed by atoms with Gasteiger partial charge in [0.15, 0.2) is 0 Å². The van der Waals surface area contributed by atoms with Crippen LogP contribution in [0.4, 0.5) is 6.01 Å². The van der Waals surface area contributed by atoms with E-state index in [4.69, 9.17) is 20.8 Å². The lowest BCUT2D eigenvalue weighted by atomic mass is 10.2. The molecule has 0 radical (unpaired) electrons. The number of sulfonamides is 1. The number of hydrogen-bond acceptors (Lipinski definition) is 8. The molecule has 0 spiro atoms. The summed E-state index contributed by atoms with van der Waals surface area (Å²) in [7, 11) is -3.82. The number of nitrogens with zero attached hydrogens (tertiary/aromatic N) is 3. The molecule has 0 bridgehead atoms. The molecule has 3 heterocycles. The van der Waals surface area contributed by atoms with E-state index in [2.05, 4.69) is 15.5 Å². The third-order valence-electron chi connectivity index (χ3n) is 4.69. The average molecular weight is 483 g/mol. The number of benzene rings is 1. The average Bonchev–Trinajstić information content (AvgIpc) is 3.49. The van der Waals surface area contributed by atoms with E-state index in [0.29, 0.717) is 35.1 Å². The molecule has 1 aliphatic rings. The molecule has 3 aromatic rings. The van der Waals surface area contributed by atoms with Crippen molar-refractivity contribution >= 4 is 44.9 Å². The Morgan fingerprint density at radius 1 is 1.29 bits per heavy atom. The van der Waals surface area contributed by atoms with Gasteiger partial charge in [0.05, 0.1) is 10.9 Å². The number of hydrogen-bond donors (Lipinski definition) is 1. The van der Waals surface area contributed by atoms with Crippen LogP contribution in [0.5, 0.6) is 5.75 Å². The number of nitrogens with one attached hydrogen (secondary N) is 1. The maximum Gasteiger partial charge on any atom is 0.322 e. The molecular weight excluding hydrogens is 464 g/mol. The van der Waals surface area contributed by atoms with Crippen molar-refractivity contribution in [1.29, 1.82) is 0 Å². The fourth-order valence-corrected chi connectivity index (χ4v) is 6.55. The standard InChI is InChI=1S/C19H19ClN4O5S2/c1-2-28-13-7-5-12(6-8-13)18-22-23-19(29-18)21-17(25)14-4-3-11-24(14)31(26,27)16-10-9-15(20)30-16/h5-10,14H,2-4,11H2,1H3,(H,21,23,25). The Hall–Kier alpha value is -2.47. The van der Waals surface area contributed by atoms with Gasteiger partial charge in [-0.2, -0.15) is 4.31 Å². The van der Waals surface area contributed by atoms with Crippen LogP contribution in [0.15, 0.2) is 45.0 Å². The van der Waals surface area contributed by atoms with Crippen LogP contribution in [0.25, 0.3) is 11.5 Å². The van der Waals surface area contributed by atoms with Crippen LogP contribution < -0.4 is 10.1 Å². The number of thiophene rings is 1. The van der Waals surface area contributed by atoms with Crippen LogP contribution in [0.3, 0.4) is 0 Å². The first kappa shape index (κ1) is 21.8. The van der Waals surface area contributed by atoms with Crippen LogP contribution in [0, 0.1) is 0 Å². The molecule has 1 fully saturated rings. The first-order valence-electron chi connectivity index (χ1n) is 9.53. The number of aromatic nitrogens is 2. The molecule has 9 nitrogen and oxygen atoms in total. The van der Waals surface area contributed by atoms with Crippen LogP contribution >= 0.6 is 22.9 Å². The van der Waals surface area contributed by atoms with E-state index < -0.39 is 22.0 Å². The van der Waals surface area contributed by atoms with Gasteiger partial charge in [-0.1, -0.05) is 16.7 Å². The van der Waals surface area contributed by atoms with E-state index in [1.165, 1.54) is 16.4 Å². The molecule has 31 heavy (non-hydrogen) atoms. The molecule has 0 saturated carbocycles. The lowest BCUT2D eigenvalue weighted by molar-refractivity contribution is -0.119. The maximum atomic E-state index is 12.9. The summed E-state index contributed by atoms with van der Waals surface area (Å²) in [5.74, 6) is 0.418. The summed E-state index contributed by atoms with van der Waals surface area (Å²) >= 11 is 6.84. The zero-order chi connectivity index (χ0) is 22.0. The smallest absolute Gasteiger partial charge is 0.322 e. The van der Waals surface area contributed by atoms with E-state index in [9.17, 15) is 13.2 Å². The van der Waals surface area contributed by atoms with Crippen LogP contribution in [0.2, 0.25) is 4.34 Å². The number of rotatable bonds is 7. The van der Waals surface area contributed by atoms with Gasteiger partial charge in [0, 0.05) is 12.1 Å². The van der Waals surface area contributed by atoms with Gasteiger partial charge in [-0.05, 0) is 56.2 Å². The quantitative estimate of drug-likeness (QED) is 0.546. The van der Waals surface area contributed by atoms with Gasteiger partial charge in [0.2, 0.25) is 11.8 Å². The van der Waals surface area contributed by atoms with Gasteiger partial charge in [-0.15, -0.1) is 16.4 Å². The van der Waals surface area contributed by atoms with Crippen molar-refractivity contribution in [1.82, 2.24) is 14.5 Å². The predicted octanol–water partition coefficient (Wildman–Crippen LogP) is 3.64. The summed E-state index contributed by atoms with van der Waals surface area (Å²) in [6, 6.07) is 9.08. The fourth-order valence-electron chi connectivity index (χ4n) is 3.28. The van der Waals surface area contributed by atoms with Crippen molar-refractivity contribution in [3.05, 3.63) is 40.7 Å². The maximum absolute atomic E-state index is 12.9. The Labute approximate surface area is 188 Å². The van der Waals surface area contributed by atoms with Crippen LogP contribution in [-0.4, -0.2) is 48.0 Å². The van der Waals surface area contributed by atoms with Crippen LogP contribution in [-0.2, 0) is 14.8 Å².